The van der Waals surface area contributed by atoms with E-state index in [0.29, 0.717) is 35.9 Å². The average Bonchev–Trinajstić information content (AvgIpc) is 3.36. The van der Waals surface area contributed by atoms with E-state index >= 15 is 0 Å². The van der Waals surface area contributed by atoms with Crippen molar-refractivity contribution in [3.63, 3.8) is 0 Å². The van der Waals surface area contributed by atoms with Crippen molar-refractivity contribution in [1.82, 2.24) is 24.6 Å². The molecule has 0 unspecified atom stereocenters. The Morgan fingerprint density at radius 2 is 1.94 bits per heavy atom. The molecule has 1 aromatic carbocycles. The standard InChI is InChI=1S/C22H29B3Cl2N6O2/c1-21(11-35-10-18(21)34)32-4-2-12(3-5-32)14-7-16-13(6-15(14)26)8-28-20(30-16)31-17-9-29-33(19(17)27)22(23,24)25/h6-9,12,18,34H,2-5,10-11,23-25H2,1H3,(H,28,30,31)/t18-,21+/m0/s1. The fourth-order valence-corrected chi connectivity index (χ4v) is 5.82. The van der Waals surface area contributed by atoms with Crippen LogP contribution < -0.4 is 5.32 Å². The van der Waals surface area contributed by atoms with Gasteiger partial charge in [0.2, 0.25) is 5.95 Å². The largest absolute Gasteiger partial charge is 0.389 e. The Bertz CT molecular complexity index is 1250. The summed E-state index contributed by atoms with van der Waals surface area (Å²) in [5.74, 6) is 0.788. The summed E-state index contributed by atoms with van der Waals surface area (Å²) in [5, 5.41) is 19.9. The molecule has 0 aliphatic carbocycles. The number of hydrogen-bond donors (Lipinski definition) is 2. The molecular formula is C22H29B3Cl2N6O2. The highest BCUT2D eigenvalue weighted by Crippen LogP contribution is 2.38. The Labute approximate surface area is 217 Å². The minimum absolute atomic E-state index is 0.233. The monoisotopic (exact) mass is 512 g/mol. The number of fused-ring (bicyclic) bond motifs is 1. The maximum atomic E-state index is 10.4. The number of piperidine rings is 1. The number of rotatable bonds is 5. The van der Waals surface area contributed by atoms with Crippen LogP contribution in [0.25, 0.3) is 10.9 Å². The second-order valence-electron chi connectivity index (χ2n) is 10.8. The number of aliphatic hydroxyl groups excluding tert-OH is 1. The molecule has 0 saturated carbocycles. The molecule has 0 spiro atoms. The Morgan fingerprint density at radius 3 is 2.57 bits per heavy atom. The lowest BCUT2D eigenvalue weighted by Gasteiger charge is -2.43. The van der Waals surface area contributed by atoms with Crippen LogP contribution >= 0.6 is 23.2 Å². The van der Waals surface area contributed by atoms with Crippen LogP contribution in [0.15, 0.2) is 24.5 Å². The van der Waals surface area contributed by atoms with E-state index in [4.69, 9.17) is 32.9 Å². The van der Waals surface area contributed by atoms with Gasteiger partial charge in [-0.15, -0.1) is 0 Å². The Hall–Kier alpha value is -1.78. The molecule has 13 heteroatoms. The Balaban J connectivity index is 1.35. The normalized spacial score (nSPS) is 24.3. The molecule has 2 saturated heterocycles. The SMILES string of the molecule is BC(B)(B)n1ncc(Nc2ncc3cc(Cl)c(C4CCN([C@]5(C)COC[C@@H]5O)CC4)cc3n2)c1Cl. The molecule has 2 N–H and O–H groups in total. The van der Waals surface area contributed by atoms with Crippen LogP contribution in [0.5, 0.6) is 0 Å². The second-order valence-corrected chi connectivity index (χ2v) is 11.6. The molecule has 0 radical (unpaired) electrons. The van der Waals surface area contributed by atoms with E-state index in [-0.39, 0.29) is 10.8 Å². The second kappa shape index (κ2) is 9.27. The Morgan fingerprint density at radius 1 is 1.20 bits per heavy atom. The number of halogens is 2. The van der Waals surface area contributed by atoms with Gasteiger partial charge < -0.3 is 15.2 Å². The number of anilines is 2. The summed E-state index contributed by atoms with van der Waals surface area (Å²) < 4.78 is 7.30. The average molecular weight is 513 g/mol. The fourth-order valence-electron chi connectivity index (χ4n) is 5.10. The Kier molecular flexibility index (Phi) is 6.59. The molecule has 5 rings (SSSR count). The predicted molar refractivity (Wildman–Crippen MR) is 147 cm³/mol. The van der Waals surface area contributed by atoms with Gasteiger partial charge in [0.05, 0.1) is 42.3 Å². The van der Waals surface area contributed by atoms with Crippen molar-refractivity contribution in [3.05, 3.63) is 40.3 Å². The predicted octanol–water partition coefficient (Wildman–Crippen LogP) is 0.673. The number of benzene rings is 1. The summed E-state index contributed by atoms with van der Waals surface area (Å²) in [6.07, 6.45) is 4.94. The zero-order chi connectivity index (χ0) is 25.0. The lowest BCUT2D eigenvalue weighted by Crippen LogP contribution is -2.56. The molecule has 8 nitrogen and oxygen atoms in total. The van der Waals surface area contributed by atoms with Crippen molar-refractivity contribution >= 4 is 69.3 Å². The van der Waals surface area contributed by atoms with Crippen molar-refractivity contribution in [1.29, 1.82) is 0 Å². The van der Waals surface area contributed by atoms with E-state index in [1.165, 1.54) is 0 Å². The highest BCUT2D eigenvalue weighted by Gasteiger charge is 2.45. The highest BCUT2D eigenvalue weighted by molar-refractivity contribution is 6.57. The van der Waals surface area contributed by atoms with E-state index in [1.807, 2.05) is 29.6 Å². The van der Waals surface area contributed by atoms with Gasteiger partial charge in [-0.05, 0) is 61.7 Å². The van der Waals surface area contributed by atoms with Crippen LogP contribution in [0, 0.1) is 0 Å². The van der Waals surface area contributed by atoms with E-state index in [0.717, 1.165) is 47.4 Å². The number of hydrogen-bond acceptors (Lipinski definition) is 7. The number of likely N-dealkylation sites (tertiary alicyclic amines) is 1. The lowest BCUT2D eigenvalue weighted by molar-refractivity contribution is -0.00211. The van der Waals surface area contributed by atoms with Crippen LogP contribution in [0.4, 0.5) is 11.6 Å². The van der Waals surface area contributed by atoms with Gasteiger partial charge in [-0.25, -0.2) is 9.97 Å². The maximum absolute atomic E-state index is 10.4. The van der Waals surface area contributed by atoms with Crippen LogP contribution in [-0.2, 0) is 9.97 Å². The number of nitrogens with zero attached hydrogens (tertiary/aromatic N) is 5. The van der Waals surface area contributed by atoms with Crippen LogP contribution in [0.1, 0.15) is 31.2 Å². The summed E-state index contributed by atoms with van der Waals surface area (Å²) in [5.41, 5.74) is 2.29. The van der Waals surface area contributed by atoms with Gasteiger partial charge in [-0.2, -0.15) is 5.10 Å². The molecule has 2 aliphatic rings. The maximum Gasteiger partial charge on any atom is 0.227 e. The van der Waals surface area contributed by atoms with Gasteiger partial charge in [-0.1, -0.05) is 23.2 Å². The molecule has 182 valence electrons. The first kappa shape index (κ1) is 24.9. The minimum Gasteiger partial charge on any atom is -0.389 e. The van der Waals surface area contributed by atoms with Crippen molar-refractivity contribution in [2.75, 3.05) is 31.6 Å². The van der Waals surface area contributed by atoms with E-state index in [1.54, 1.807) is 17.1 Å². The summed E-state index contributed by atoms with van der Waals surface area (Å²) in [6.45, 7) is 4.86. The van der Waals surface area contributed by atoms with Gasteiger partial charge in [0, 0.05) is 16.6 Å². The number of ether oxygens (including phenoxy) is 1. The molecule has 2 atom stereocenters. The van der Waals surface area contributed by atoms with E-state index < -0.39 is 6.10 Å². The van der Waals surface area contributed by atoms with Crippen LogP contribution in [-0.4, -0.2) is 91.2 Å². The summed E-state index contributed by atoms with van der Waals surface area (Å²) in [7, 11) is 6.13. The third-order valence-electron chi connectivity index (χ3n) is 7.34. The number of nitrogens with one attached hydrogen (secondary N) is 1. The molecule has 2 aromatic heterocycles. The molecule has 0 bridgehead atoms. The zero-order valence-electron chi connectivity index (χ0n) is 20.6. The first-order chi connectivity index (χ1) is 16.6. The smallest absolute Gasteiger partial charge is 0.227 e. The quantitative estimate of drug-likeness (QED) is 0.486. The van der Waals surface area contributed by atoms with E-state index in [9.17, 15) is 5.11 Å². The van der Waals surface area contributed by atoms with Crippen LogP contribution in [0.3, 0.4) is 0 Å². The summed E-state index contributed by atoms with van der Waals surface area (Å²) >= 11 is 13.3. The van der Waals surface area contributed by atoms with Crippen molar-refractivity contribution in [3.8, 4) is 0 Å². The van der Waals surface area contributed by atoms with E-state index in [2.05, 4.69) is 33.3 Å². The number of aliphatic hydroxyl groups is 1. The van der Waals surface area contributed by atoms with Gasteiger partial charge in [0.1, 0.15) is 28.7 Å². The van der Waals surface area contributed by atoms with Crippen molar-refractivity contribution in [2.24, 2.45) is 0 Å². The molecule has 4 heterocycles. The number of aromatic nitrogens is 4. The molecular weight excluding hydrogens is 484 g/mol. The van der Waals surface area contributed by atoms with Gasteiger partial charge >= 0.3 is 0 Å². The first-order valence-electron chi connectivity index (χ1n) is 12.0. The van der Waals surface area contributed by atoms with Crippen molar-refractivity contribution in [2.45, 2.75) is 42.6 Å². The third-order valence-corrected chi connectivity index (χ3v) is 8.03. The lowest BCUT2D eigenvalue weighted by atomic mass is 9.49. The first-order valence-corrected chi connectivity index (χ1v) is 12.8. The van der Waals surface area contributed by atoms with Crippen molar-refractivity contribution < 1.29 is 9.84 Å². The van der Waals surface area contributed by atoms with Crippen LogP contribution in [0.2, 0.25) is 10.2 Å². The molecule has 2 fully saturated rings. The fraction of sp³-hybridized carbons (Fsp3) is 0.500. The molecule has 3 aromatic rings. The topological polar surface area (TPSA) is 88.3 Å². The summed E-state index contributed by atoms with van der Waals surface area (Å²) in [6, 6.07) is 4.03. The minimum atomic E-state index is -0.449. The third kappa shape index (κ3) is 4.69. The summed E-state index contributed by atoms with van der Waals surface area (Å²) in [4.78, 5) is 11.6. The highest BCUT2D eigenvalue weighted by atomic mass is 35.5. The molecule has 0 amide bonds. The molecule has 35 heavy (non-hydrogen) atoms. The van der Waals surface area contributed by atoms with Gasteiger partial charge in [0.25, 0.3) is 0 Å². The van der Waals surface area contributed by atoms with Gasteiger partial charge in [-0.3, -0.25) is 9.58 Å². The van der Waals surface area contributed by atoms with Gasteiger partial charge in [0.15, 0.2) is 0 Å². The zero-order valence-corrected chi connectivity index (χ0v) is 22.1. The molecule has 2 aliphatic heterocycles.